The number of nitrogens with one attached hydrogen (secondary N) is 2. The van der Waals surface area contributed by atoms with E-state index in [9.17, 15) is 19.8 Å². The second-order valence-electron chi connectivity index (χ2n) is 8.08. The molecule has 0 unspecified atom stereocenters. The van der Waals surface area contributed by atoms with Gasteiger partial charge < -0.3 is 20.8 Å². The van der Waals surface area contributed by atoms with Crippen molar-refractivity contribution in [3.8, 4) is 11.5 Å². The summed E-state index contributed by atoms with van der Waals surface area (Å²) in [5.74, 6) is -1.22. The molecule has 0 heterocycles. The predicted molar refractivity (Wildman–Crippen MR) is 144 cm³/mol. The minimum Gasteiger partial charge on any atom is -0.507 e. The van der Waals surface area contributed by atoms with E-state index in [1.165, 1.54) is 12.1 Å². The molecule has 5 aromatic carbocycles. The molecule has 0 aliphatic rings. The summed E-state index contributed by atoms with van der Waals surface area (Å²) in [6.45, 7) is 0. The Bertz CT molecular complexity index is 1560. The number of carbonyl (C=O) groups is 2. The van der Waals surface area contributed by atoms with Crippen LogP contribution in [0, 0.1) is 0 Å². The normalized spacial score (nSPS) is 10.9. The van der Waals surface area contributed by atoms with Crippen LogP contribution in [-0.2, 0) is 0 Å². The van der Waals surface area contributed by atoms with Crippen LogP contribution in [-0.4, -0.2) is 22.0 Å². The molecule has 2 amide bonds. The summed E-state index contributed by atoms with van der Waals surface area (Å²) in [5, 5.41) is 30.0. The number of fused-ring (bicyclic) bond motifs is 2. The summed E-state index contributed by atoms with van der Waals surface area (Å²) in [7, 11) is 0. The molecule has 0 saturated heterocycles. The molecule has 178 valence electrons. The highest BCUT2D eigenvalue weighted by molar-refractivity contribution is 6.31. The molecule has 0 radical (unpaired) electrons. The maximum Gasteiger partial charge on any atom is 0.255 e. The van der Waals surface area contributed by atoms with Crippen molar-refractivity contribution in [3.63, 3.8) is 0 Å². The lowest BCUT2D eigenvalue weighted by Crippen LogP contribution is -2.14. The molecular weight excluding hydrogens is 499 g/mol. The van der Waals surface area contributed by atoms with Gasteiger partial charge in [0.15, 0.2) is 0 Å². The van der Waals surface area contributed by atoms with Crippen LogP contribution in [0.2, 0.25) is 10.0 Å². The van der Waals surface area contributed by atoms with E-state index in [-0.39, 0.29) is 33.6 Å². The van der Waals surface area contributed by atoms with Crippen LogP contribution in [0.15, 0.2) is 84.9 Å². The van der Waals surface area contributed by atoms with Gasteiger partial charge in [-0.05, 0) is 48.5 Å². The van der Waals surface area contributed by atoms with E-state index in [4.69, 9.17) is 23.2 Å². The van der Waals surface area contributed by atoms with E-state index >= 15 is 0 Å². The van der Waals surface area contributed by atoms with Gasteiger partial charge in [-0.15, -0.1) is 0 Å². The Morgan fingerprint density at radius 2 is 1.00 bits per heavy atom. The van der Waals surface area contributed by atoms with Crippen LogP contribution in [0.25, 0.3) is 21.5 Å². The first-order valence-corrected chi connectivity index (χ1v) is 11.6. The quantitative estimate of drug-likeness (QED) is 0.150. The monoisotopic (exact) mass is 516 g/mol. The van der Waals surface area contributed by atoms with E-state index in [2.05, 4.69) is 10.6 Å². The van der Waals surface area contributed by atoms with Crippen molar-refractivity contribution >= 4 is 67.9 Å². The fourth-order valence-electron chi connectivity index (χ4n) is 4.12. The summed E-state index contributed by atoms with van der Waals surface area (Å²) in [4.78, 5) is 25.9. The van der Waals surface area contributed by atoms with Gasteiger partial charge in [0.1, 0.15) is 11.5 Å². The third-order valence-corrected chi connectivity index (χ3v) is 6.26. The van der Waals surface area contributed by atoms with Crippen LogP contribution in [0.1, 0.15) is 20.7 Å². The van der Waals surface area contributed by atoms with Crippen molar-refractivity contribution in [2.45, 2.75) is 0 Å². The number of aromatic hydroxyl groups is 2. The second kappa shape index (κ2) is 9.41. The smallest absolute Gasteiger partial charge is 0.255 e. The highest BCUT2D eigenvalue weighted by atomic mass is 35.5. The Morgan fingerprint density at radius 1 is 0.583 bits per heavy atom. The molecule has 4 N–H and O–H groups in total. The first-order chi connectivity index (χ1) is 17.3. The number of phenols is 2. The van der Waals surface area contributed by atoms with E-state index in [0.29, 0.717) is 31.9 Å². The molecule has 0 aliphatic carbocycles. The molecule has 0 spiro atoms. The van der Waals surface area contributed by atoms with Crippen molar-refractivity contribution < 1.29 is 19.8 Å². The number of hydrogen-bond donors (Lipinski definition) is 4. The van der Waals surface area contributed by atoms with Gasteiger partial charge in [0.2, 0.25) is 0 Å². The number of anilines is 2. The standard InChI is InChI=1S/C28H18Cl2N2O4/c29-17-7-3-5-15(13-17)27(35)31-21-11-12-22(32-28(36)16-6-4-8-18(30)14-16)24-23(21)25(33)19-9-1-2-10-20(19)26(24)34/h1-14,33-34H,(H,31,35)(H,32,36). The van der Waals surface area contributed by atoms with Crippen LogP contribution >= 0.6 is 23.2 Å². The van der Waals surface area contributed by atoms with Gasteiger partial charge in [-0.3, -0.25) is 9.59 Å². The maximum atomic E-state index is 13.0. The highest BCUT2D eigenvalue weighted by Gasteiger charge is 2.21. The first kappa shape index (κ1) is 23.5. The minimum absolute atomic E-state index is 0.154. The fraction of sp³-hybridized carbons (Fsp3) is 0. The largest absolute Gasteiger partial charge is 0.507 e. The summed E-state index contributed by atoms with van der Waals surface area (Å²) in [6, 6.07) is 22.7. The minimum atomic E-state index is -0.457. The molecule has 8 heteroatoms. The number of rotatable bonds is 4. The Labute approximate surface area is 215 Å². The molecule has 36 heavy (non-hydrogen) atoms. The zero-order valence-electron chi connectivity index (χ0n) is 18.5. The molecule has 5 aromatic rings. The predicted octanol–water partition coefficient (Wildman–Crippen LogP) is 7.22. The number of phenolic OH excluding ortho intramolecular Hbond substituents is 2. The fourth-order valence-corrected chi connectivity index (χ4v) is 4.50. The Kier molecular flexibility index (Phi) is 6.14. The van der Waals surface area contributed by atoms with Crippen molar-refractivity contribution in [2.24, 2.45) is 0 Å². The number of hydrogen-bond acceptors (Lipinski definition) is 4. The SMILES string of the molecule is O=C(Nc1ccc(NC(=O)c2cccc(Cl)c2)c2c(O)c3ccccc3c(O)c12)c1cccc(Cl)c1. The molecule has 5 rings (SSSR count). The second-order valence-corrected chi connectivity index (χ2v) is 8.96. The lowest BCUT2D eigenvalue weighted by molar-refractivity contribution is 0.101. The molecule has 0 fully saturated rings. The Morgan fingerprint density at radius 3 is 1.39 bits per heavy atom. The van der Waals surface area contributed by atoms with Gasteiger partial charge in [0.25, 0.3) is 11.8 Å². The topological polar surface area (TPSA) is 98.7 Å². The van der Waals surface area contributed by atoms with Crippen molar-refractivity contribution in [1.82, 2.24) is 0 Å². The molecule has 0 bridgehead atoms. The maximum absolute atomic E-state index is 13.0. The number of halogens is 2. The van der Waals surface area contributed by atoms with Crippen molar-refractivity contribution in [3.05, 3.63) is 106 Å². The Balaban J connectivity index is 1.68. The average molecular weight is 517 g/mol. The van der Waals surface area contributed by atoms with Crippen LogP contribution in [0.5, 0.6) is 11.5 Å². The summed E-state index contributed by atoms with van der Waals surface area (Å²) >= 11 is 12.1. The van der Waals surface area contributed by atoms with Gasteiger partial charge in [-0.25, -0.2) is 0 Å². The third-order valence-electron chi connectivity index (χ3n) is 5.79. The van der Waals surface area contributed by atoms with E-state index in [1.54, 1.807) is 72.8 Å². The summed E-state index contributed by atoms with van der Waals surface area (Å²) < 4.78 is 0. The third kappa shape index (κ3) is 4.28. The zero-order chi connectivity index (χ0) is 25.4. The molecule has 6 nitrogen and oxygen atoms in total. The van der Waals surface area contributed by atoms with Gasteiger partial charge in [0.05, 0.1) is 22.1 Å². The molecule has 0 atom stereocenters. The van der Waals surface area contributed by atoms with E-state index < -0.39 is 11.8 Å². The van der Waals surface area contributed by atoms with Gasteiger partial charge in [0, 0.05) is 31.9 Å². The number of benzene rings is 5. The van der Waals surface area contributed by atoms with Crippen LogP contribution < -0.4 is 10.6 Å². The number of carbonyl (C=O) groups excluding carboxylic acids is 2. The van der Waals surface area contributed by atoms with Crippen molar-refractivity contribution in [1.29, 1.82) is 0 Å². The molecule has 0 aliphatic heterocycles. The Hall–Kier alpha value is -4.26. The summed E-state index contributed by atoms with van der Waals surface area (Å²) in [6.07, 6.45) is 0. The van der Waals surface area contributed by atoms with E-state index in [0.717, 1.165) is 0 Å². The van der Waals surface area contributed by atoms with Crippen molar-refractivity contribution in [2.75, 3.05) is 10.6 Å². The van der Waals surface area contributed by atoms with Gasteiger partial charge >= 0.3 is 0 Å². The molecular formula is C28H18Cl2N2O4. The summed E-state index contributed by atoms with van der Waals surface area (Å²) in [5.41, 5.74) is 1.13. The zero-order valence-corrected chi connectivity index (χ0v) is 20.1. The van der Waals surface area contributed by atoms with Crippen LogP contribution in [0.4, 0.5) is 11.4 Å². The molecule has 0 aromatic heterocycles. The molecule has 0 saturated carbocycles. The van der Waals surface area contributed by atoms with Crippen LogP contribution in [0.3, 0.4) is 0 Å². The van der Waals surface area contributed by atoms with Gasteiger partial charge in [-0.2, -0.15) is 0 Å². The number of amides is 2. The highest BCUT2D eigenvalue weighted by Crippen LogP contribution is 2.47. The lowest BCUT2D eigenvalue weighted by atomic mass is 9.97. The van der Waals surface area contributed by atoms with E-state index in [1.807, 2.05) is 0 Å². The average Bonchev–Trinajstić information content (AvgIpc) is 2.88. The first-order valence-electron chi connectivity index (χ1n) is 10.9. The van der Waals surface area contributed by atoms with Gasteiger partial charge in [-0.1, -0.05) is 59.6 Å². The lowest BCUT2D eigenvalue weighted by Gasteiger charge is -2.18.